The van der Waals surface area contributed by atoms with Crippen LogP contribution in [0.4, 0.5) is 5.69 Å². The molecule has 0 saturated heterocycles. The highest BCUT2D eigenvalue weighted by molar-refractivity contribution is 5.93. The number of rotatable bonds is 5. The van der Waals surface area contributed by atoms with E-state index in [0.717, 1.165) is 25.7 Å². The third-order valence-electron chi connectivity index (χ3n) is 4.31. The second kappa shape index (κ2) is 8.33. The fraction of sp³-hybridized carbons (Fsp3) is 0.500. The molecule has 1 aliphatic carbocycles. The molecule has 0 aromatic heterocycles. The maximum atomic E-state index is 12.1. The molecule has 0 bridgehead atoms. The molecule has 1 aliphatic rings. The number of nitriles is 1. The van der Waals surface area contributed by atoms with Crippen molar-refractivity contribution in [2.45, 2.75) is 39.0 Å². The minimum absolute atomic E-state index is 0.0850. The third kappa shape index (κ3) is 4.56. The molecule has 23 heavy (non-hydrogen) atoms. The highest BCUT2D eigenvalue weighted by Gasteiger charge is 2.21. The summed E-state index contributed by atoms with van der Waals surface area (Å²) in [4.78, 5) is 25.6. The summed E-state index contributed by atoms with van der Waals surface area (Å²) in [5.74, 6) is 0.0577. The van der Waals surface area contributed by atoms with E-state index in [1.54, 1.807) is 29.2 Å². The molecule has 1 N–H and O–H groups in total. The first kappa shape index (κ1) is 17.0. The lowest BCUT2D eigenvalue weighted by molar-refractivity contribution is -0.126. The van der Waals surface area contributed by atoms with Crippen molar-refractivity contribution in [1.82, 2.24) is 5.32 Å². The zero-order valence-corrected chi connectivity index (χ0v) is 13.5. The lowest BCUT2D eigenvalue weighted by Gasteiger charge is -2.24. The molecule has 0 spiro atoms. The van der Waals surface area contributed by atoms with Gasteiger partial charge in [0.1, 0.15) is 6.07 Å². The van der Waals surface area contributed by atoms with Crippen molar-refractivity contribution in [2.75, 3.05) is 18.0 Å². The quantitative estimate of drug-likeness (QED) is 0.908. The van der Waals surface area contributed by atoms with Crippen LogP contribution >= 0.6 is 0 Å². The molecule has 5 heteroatoms. The smallest absolute Gasteiger partial charge is 0.223 e. The molecule has 0 heterocycles. The van der Waals surface area contributed by atoms with Crippen LogP contribution in [0.15, 0.2) is 24.3 Å². The monoisotopic (exact) mass is 313 g/mol. The molecule has 0 unspecified atom stereocenters. The Bertz CT molecular complexity index is 601. The number of para-hydroxylation sites is 1. The minimum Gasteiger partial charge on any atom is -0.354 e. The van der Waals surface area contributed by atoms with Crippen molar-refractivity contribution < 1.29 is 9.59 Å². The van der Waals surface area contributed by atoms with E-state index in [2.05, 4.69) is 11.4 Å². The molecular formula is C18H23N3O2. The van der Waals surface area contributed by atoms with Crippen molar-refractivity contribution in [3.05, 3.63) is 29.8 Å². The summed E-state index contributed by atoms with van der Waals surface area (Å²) < 4.78 is 0. The number of anilines is 1. The van der Waals surface area contributed by atoms with Gasteiger partial charge in [-0.3, -0.25) is 9.59 Å². The maximum absolute atomic E-state index is 12.1. The highest BCUT2D eigenvalue weighted by Crippen LogP contribution is 2.23. The van der Waals surface area contributed by atoms with Gasteiger partial charge in [0.25, 0.3) is 0 Å². The Hall–Kier alpha value is -2.35. The minimum atomic E-state index is -0.139. The summed E-state index contributed by atoms with van der Waals surface area (Å²) in [5.41, 5.74) is 1.05. The number of carbonyl (C=O) groups is 2. The molecule has 1 aromatic rings. The Kier molecular flexibility index (Phi) is 6.16. The predicted octanol–water partition coefficient (Wildman–Crippen LogP) is 2.61. The fourth-order valence-corrected chi connectivity index (χ4v) is 3.05. The Morgan fingerprint density at radius 3 is 2.61 bits per heavy atom. The fourth-order valence-electron chi connectivity index (χ4n) is 3.05. The first-order valence-corrected chi connectivity index (χ1v) is 8.18. The van der Waals surface area contributed by atoms with Gasteiger partial charge in [-0.15, -0.1) is 0 Å². The summed E-state index contributed by atoms with van der Waals surface area (Å²) in [5, 5.41) is 12.1. The van der Waals surface area contributed by atoms with Gasteiger partial charge in [0.15, 0.2) is 0 Å². The first-order valence-electron chi connectivity index (χ1n) is 8.18. The molecule has 0 radical (unpaired) electrons. The van der Waals surface area contributed by atoms with Crippen LogP contribution in [0.3, 0.4) is 0 Å². The number of amides is 2. The van der Waals surface area contributed by atoms with Crippen molar-refractivity contribution in [3.63, 3.8) is 0 Å². The Morgan fingerprint density at radius 1 is 1.26 bits per heavy atom. The van der Waals surface area contributed by atoms with Crippen LogP contribution in [-0.2, 0) is 9.59 Å². The van der Waals surface area contributed by atoms with Crippen LogP contribution in [-0.4, -0.2) is 24.9 Å². The summed E-state index contributed by atoms with van der Waals surface area (Å²) in [6.07, 6.45) is 5.37. The molecule has 2 amide bonds. The van der Waals surface area contributed by atoms with Crippen molar-refractivity contribution in [2.24, 2.45) is 5.92 Å². The van der Waals surface area contributed by atoms with Crippen LogP contribution in [0, 0.1) is 17.2 Å². The van der Waals surface area contributed by atoms with E-state index in [1.165, 1.54) is 13.3 Å². The topological polar surface area (TPSA) is 73.2 Å². The van der Waals surface area contributed by atoms with E-state index in [4.69, 9.17) is 0 Å². The molecule has 122 valence electrons. The number of hydrogen-bond acceptors (Lipinski definition) is 3. The number of hydrogen-bond donors (Lipinski definition) is 1. The van der Waals surface area contributed by atoms with Crippen LogP contribution < -0.4 is 10.2 Å². The summed E-state index contributed by atoms with van der Waals surface area (Å²) in [7, 11) is 0. The summed E-state index contributed by atoms with van der Waals surface area (Å²) >= 11 is 0. The molecule has 1 aromatic carbocycles. The molecule has 0 aliphatic heterocycles. The maximum Gasteiger partial charge on any atom is 0.223 e. The van der Waals surface area contributed by atoms with Gasteiger partial charge in [-0.25, -0.2) is 0 Å². The van der Waals surface area contributed by atoms with Crippen LogP contribution in [0.5, 0.6) is 0 Å². The number of carbonyl (C=O) groups excluding carboxylic acids is 2. The number of nitrogens with zero attached hydrogens (tertiary/aromatic N) is 2. The van der Waals surface area contributed by atoms with Gasteiger partial charge in [-0.05, 0) is 25.0 Å². The van der Waals surface area contributed by atoms with E-state index < -0.39 is 0 Å². The second-order valence-corrected chi connectivity index (χ2v) is 5.93. The average Bonchev–Trinajstić information content (AvgIpc) is 2.59. The normalized spacial score (nSPS) is 14.8. The van der Waals surface area contributed by atoms with Gasteiger partial charge in [0.05, 0.1) is 11.3 Å². The Balaban J connectivity index is 1.94. The Labute approximate surface area is 137 Å². The molecule has 5 nitrogen and oxygen atoms in total. The van der Waals surface area contributed by atoms with E-state index in [9.17, 15) is 14.9 Å². The molecule has 1 saturated carbocycles. The lowest BCUT2D eigenvalue weighted by Crippen LogP contribution is -2.40. The van der Waals surface area contributed by atoms with E-state index in [0.29, 0.717) is 24.3 Å². The van der Waals surface area contributed by atoms with Gasteiger partial charge < -0.3 is 10.2 Å². The van der Waals surface area contributed by atoms with Crippen molar-refractivity contribution in [1.29, 1.82) is 5.26 Å². The second-order valence-electron chi connectivity index (χ2n) is 5.93. The van der Waals surface area contributed by atoms with Crippen LogP contribution in [0.25, 0.3) is 0 Å². The molecule has 1 fully saturated rings. The molecule has 2 rings (SSSR count). The molecular weight excluding hydrogens is 290 g/mol. The predicted molar refractivity (Wildman–Crippen MR) is 88.8 cm³/mol. The molecule has 0 atom stereocenters. The van der Waals surface area contributed by atoms with Crippen molar-refractivity contribution in [3.8, 4) is 6.07 Å². The standard InChI is InChI=1S/C18H23N3O2/c1-14(22)21(17-10-6-5-9-16(17)13-19)12-11-20-18(23)15-7-3-2-4-8-15/h5-6,9-10,15H,2-4,7-8,11-12H2,1H3,(H,20,23). The van der Waals surface area contributed by atoms with Gasteiger partial charge in [-0.1, -0.05) is 31.4 Å². The zero-order valence-electron chi connectivity index (χ0n) is 13.5. The van der Waals surface area contributed by atoms with E-state index >= 15 is 0 Å². The van der Waals surface area contributed by atoms with Gasteiger partial charge in [0, 0.05) is 25.9 Å². The summed E-state index contributed by atoms with van der Waals surface area (Å²) in [6, 6.07) is 9.11. The van der Waals surface area contributed by atoms with Crippen LogP contribution in [0.2, 0.25) is 0 Å². The SMILES string of the molecule is CC(=O)N(CCNC(=O)C1CCCCC1)c1ccccc1C#N. The van der Waals surface area contributed by atoms with E-state index in [-0.39, 0.29) is 17.7 Å². The third-order valence-corrected chi connectivity index (χ3v) is 4.31. The van der Waals surface area contributed by atoms with Gasteiger partial charge >= 0.3 is 0 Å². The zero-order chi connectivity index (χ0) is 16.7. The first-order chi connectivity index (χ1) is 11.1. The largest absolute Gasteiger partial charge is 0.354 e. The average molecular weight is 313 g/mol. The summed E-state index contributed by atoms with van der Waals surface area (Å²) in [6.45, 7) is 2.23. The van der Waals surface area contributed by atoms with Crippen LogP contribution in [0.1, 0.15) is 44.6 Å². The van der Waals surface area contributed by atoms with Gasteiger partial charge in [0.2, 0.25) is 11.8 Å². The lowest BCUT2D eigenvalue weighted by atomic mass is 9.89. The number of benzene rings is 1. The van der Waals surface area contributed by atoms with E-state index in [1.807, 2.05) is 0 Å². The highest BCUT2D eigenvalue weighted by atomic mass is 16.2. The van der Waals surface area contributed by atoms with Gasteiger partial charge in [-0.2, -0.15) is 5.26 Å². The van der Waals surface area contributed by atoms with Crippen molar-refractivity contribution >= 4 is 17.5 Å². The number of nitrogens with one attached hydrogen (secondary N) is 1. The Morgan fingerprint density at radius 2 is 1.96 bits per heavy atom.